The number of anilines is 2. The maximum absolute atomic E-state index is 13.6. The molecule has 0 heterocycles. The van der Waals surface area contributed by atoms with E-state index < -0.39 is 5.82 Å². The van der Waals surface area contributed by atoms with Crippen molar-refractivity contribution in [2.45, 2.75) is 0 Å². The fourth-order valence-electron chi connectivity index (χ4n) is 1.59. The smallest absolute Gasteiger partial charge is 0.175 e. The molecule has 20 heavy (non-hydrogen) atoms. The van der Waals surface area contributed by atoms with Gasteiger partial charge < -0.3 is 15.4 Å². The molecule has 2 aromatic carbocycles. The van der Waals surface area contributed by atoms with Crippen LogP contribution in [0.5, 0.6) is 5.75 Å². The summed E-state index contributed by atoms with van der Waals surface area (Å²) in [7, 11) is 1.42. The van der Waals surface area contributed by atoms with Crippen molar-refractivity contribution in [3.8, 4) is 5.75 Å². The molecular weight excluding hydrogens is 343 g/mol. The Morgan fingerprint density at radius 3 is 2.60 bits per heavy atom. The van der Waals surface area contributed by atoms with Crippen molar-refractivity contribution in [3.63, 3.8) is 0 Å². The zero-order chi connectivity index (χ0) is 14.5. The van der Waals surface area contributed by atoms with Crippen LogP contribution in [0.1, 0.15) is 0 Å². The summed E-state index contributed by atoms with van der Waals surface area (Å²) < 4.78 is 19.3. The molecule has 0 fully saturated rings. The van der Waals surface area contributed by atoms with Crippen molar-refractivity contribution in [1.82, 2.24) is 0 Å². The molecule has 0 aliphatic rings. The number of hydrogen-bond acceptors (Lipinski definition) is 2. The predicted octanol–water partition coefficient (Wildman–Crippen LogP) is 4.41. The summed E-state index contributed by atoms with van der Waals surface area (Å²) >= 11 is 8.60. The van der Waals surface area contributed by atoms with Gasteiger partial charge in [-0.05, 0) is 52.4 Å². The summed E-state index contributed by atoms with van der Waals surface area (Å²) in [6.45, 7) is 0. The van der Waals surface area contributed by atoms with Crippen LogP contribution in [-0.4, -0.2) is 12.2 Å². The number of para-hydroxylation sites is 1. The molecular formula is C14H12BrFN2OS. The van der Waals surface area contributed by atoms with Crippen LogP contribution in [0.3, 0.4) is 0 Å². The van der Waals surface area contributed by atoms with Crippen molar-refractivity contribution in [3.05, 3.63) is 52.8 Å². The first-order chi connectivity index (χ1) is 9.60. The topological polar surface area (TPSA) is 33.3 Å². The molecule has 0 bridgehead atoms. The Labute approximate surface area is 130 Å². The summed E-state index contributed by atoms with van der Waals surface area (Å²) in [6, 6.07) is 12.1. The van der Waals surface area contributed by atoms with Gasteiger partial charge in [-0.15, -0.1) is 0 Å². The molecule has 2 N–H and O–H groups in total. The number of methoxy groups -OCH3 is 1. The van der Waals surface area contributed by atoms with Crippen LogP contribution in [0.2, 0.25) is 0 Å². The Balaban J connectivity index is 2.05. The van der Waals surface area contributed by atoms with E-state index in [0.29, 0.717) is 10.8 Å². The van der Waals surface area contributed by atoms with E-state index >= 15 is 0 Å². The van der Waals surface area contributed by atoms with Crippen LogP contribution in [0, 0.1) is 5.82 Å². The normalized spacial score (nSPS) is 9.95. The highest BCUT2D eigenvalue weighted by Gasteiger charge is 2.06. The van der Waals surface area contributed by atoms with Crippen LogP contribution in [0.25, 0.3) is 0 Å². The van der Waals surface area contributed by atoms with Crippen LogP contribution in [0.15, 0.2) is 46.9 Å². The maximum atomic E-state index is 13.6. The molecule has 0 aliphatic carbocycles. The number of hydrogen-bond donors (Lipinski definition) is 2. The summed E-state index contributed by atoms with van der Waals surface area (Å²) in [6.07, 6.45) is 0. The third-order valence-electron chi connectivity index (χ3n) is 2.53. The highest BCUT2D eigenvalue weighted by molar-refractivity contribution is 9.10. The number of halogens is 2. The van der Waals surface area contributed by atoms with Gasteiger partial charge in [-0.25, -0.2) is 4.39 Å². The number of thiocarbonyl (C=S) groups is 1. The lowest BCUT2D eigenvalue weighted by Crippen LogP contribution is -2.19. The Morgan fingerprint density at radius 1 is 1.20 bits per heavy atom. The van der Waals surface area contributed by atoms with Gasteiger partial charge in [-0.1, -0.05) is 12.1 Å². The zero-order valence-corrected chi connectivity index (χ0v) is 13.0. The van der Waals surface area contributed by atoms with E-state index in [1.54, 1.807) is 12.1 Å². The molecule has 104 valence electrons. The van der Waals surface area contributed by atoms with Crippen molar-refractivity contribution in [2.24, 2.45) is 0 Å². The average Bonchev–Trinajstić information content (AvgIpc) is 2.41. The molecule has 6 heteroatoms. The predicted molar refractivity (Wildman–Crippen MR) is 86.9 cm³/mol. The second kappa shape index (κ2) is 6.67. The highest BCUT2D eigenvalue weighted by Crippen LogP contribution is 2.23. The van der Waals surface area contributed by atoms with Crippen molar-refractivity contribution in [2.75, 3.05) is 17.7 Å². The van der Waals surface area contributed by atoms with Crippen LogP contribution in [0.4, 0.5) is 15.8 Å². The third-order valence-corrected chi connectivity index (χ3v) is 3.43. The van der Waals surface area contributed by atoms with E-state index in [0.717, 1.165) is 10.2 Å². The van der Waals surface area contributed by atoms with Gasteiger partial charge in [0.05, 0.1) is 12.8 Å². The van der Waals surface area contributed by atoms with E-state index in [4.69, 9.17) is 17.0 Å². The first-order valence-corrected chi connectivity index (χ1v) is 6.96. The molecule has 2 rings (SSSR count). The summed E-state index contributed by atoms with van der Waals surface area (Å²) in [5.74, 6) is -0.249. The minimum Gasteiger partial charge on any atom is -0.494 e. The van der Waals surface area contributed by atoms with E-state index in [9.17, 15) is 4.39 Å². The van der Waals surface area contributed by atoms with Gasteiger partial charge in [-0.3, -0.25) is 0 Å². The van der Waals surface area contributed by atoms with Crippen LogP contribution in [-0.2, 0) is 0 Å². The Kier molecular flexibility index (Phi) is 4.92. The van der Waals surface area contributed by atoms with E-state index in [1.165, 1.54) is 13.2 Å². The minimum atomic E-state index is -0.443. The Morgan fingerprint density at radius 2 is 1.95 bits per heavy atom. The number of nitrogens with one attached hydrogen (secondary N) is 2. The number of benzene rings is 2. The molecule has 0 saturated heterocycles. The van der Waals surface area contributed by atoms with Crippen LogP contribution < -0.4 is 15.4 Å². The van der Waals surface area contributed by atoms with Gasteiger partial charge in [0.2, 0.25) is 0 Å². The molecule has 0 amide bonds. The largest absolute Gasteiger partial charge is 0.494 e. The lowest BCUT2D eigenvalue weighted by Gasteiger charge is -2.12. The van der Waals surface area contributed by atoms with Gasteiger partial charge in [0, 0.05) is 16.2 Å². The number of ether oxygens (including phenoxy) is 1. The summed E-state index contributed by atoms with van der Waals surface area (Å²) in [4.78, 5) is 0. The second-order valence-electron chi connectivity index (χ2n) is 3.91. The molecule has 2 aromatic rings. The maximum Gasteiger partial charge on any atom is 0.175 e. The molecule has 0 unspecified atom stereocenters. The zero-order valence-electron chi connectivity index (χ0n) is 10.6. The van der Waals surface area contributed by atoms with Crippen molar-refractivity contribution in [1.29, 1.82) is 0 Å². The van der Waals surface area contributed by atoms with Crippen LogP contribution >= 0.6 is 28.1 Å². The van der Waals surface area contributed by atoms with Crippen molar-refractivity contribution >= 4 is 44.6 Å². The lowest BCUT2D eigenvalue weighted by atomic mass is 10.3. The van der Waals surface area contributed by atoms with E-state index in [-0.39, 0.29) is 5.75 Å². The standard InChI is InChI=1S/C14H12BrFN2OS/c1-19-13-7-6-9(8-11(13)16)17-14(20)18-12-5-3-2-4-10(12)15/h2-8H,1H3,(H2,17,18,20). The van der Waals surface area contributed by atoms with E-state index in [2.05, 4.69) is 26.6 Å². The SMILES string of the molecule is COc1ccc(NC(=S)Nc2ccccc2Br)cc1F. The fourth-order valence-corrected chi connectivity index (χ4v) is 2.20. The molecule has 0 radical (unpaired) electrons. The molecule has 0 aliphatic heterocycles. The Bertz CT molecular complexity index is 636. The first kappa shape index (κ1) is 14.7. The molecule has 0 spiro atoms. The summed E-state index contributed by atoms with van der Waals surface area (Å²) in [5.41, 5.74) is 1.38. The van der Waals surface area contributed by atoms with Gasteiger partial charge in [0.1, 0.15) is 0 Å². The first-order valence-electron chi connectivity index (χ1n) is 5.76. The van der Waals surface area contributed by atoms with Gasteiger partial charge in [0.15, 0.2) is 16.7 Å². The van der Waals surface area contributed by atoms with Crippen molar-refractivity contribution < 1.29 is 9.13 Å². The molecule has 3 nitrogen and oxygen atoms in total. The second-order valence-corrected chi connectivity index (χ2v) is 5.17. The monoisotopic (exact) mass is 354 g/mol. The van der Waals surface area contributed by atoms with Gasteiger partial charge in [0.25, 0.3) is 0 Å². The Hall–Kier alpha value is -1.66. The molecule has 0 aromatic heterocycles. The third kappa shape index (κ3) is 3.68. The van der Waals surface area contributed by atoms with Gasteiger partial charge in [-0.2, -0.15) is 0 Å². The van der Waals surface area contributed by atoms with Gasteiger partial charge >= 0.3 is 0 Å². The summed E-state index contributed by atoms with van der Waals surface area (Å²) in [5, 5.41) is 6.32. The number of rotatable bonds is 3. The van der Waals surface area contributed by atoms with E-state index in [1.807, 2.05) is 24.3 Å². The molecule has 0 atom stereocenters. The molecule has 0 saturated carbocycles. The quantitative estimate of drug-likeness (QED) is 0.800. The minimum absolute atomic E-state index is 0.195. The lowest BCUT2D eigenvalue weighted by molar-refractivity contribution is 0.387. The average molecular weight is 355 g/mol. The fraction of sp³-hybridized carbons (Fsp3) is 0.0714. The highest BCUT2D eigenvalue weighted by atomic mass is 79.9.